The van der Waals surface area contributed by atoms with Gasteiger partial charge in [-0.25, -0.2) is 9.97 Å². The average molecular weight is 1120 g/mol. The van der Waals surface area contributed by atoms with Crippen LogP contribution in [0.2, 0.25) is 0 Å². The minimum atomic E-state index is 0.749. The highest BCUT2D eigenvalue weighted by Crippen LogP contribution is 2.53. The second-order valence-corrected chi connectivity index (χ2v) is 26.8. The van der Waals surface area contributed by atoms with E-state index in [1.165, 1.54) is 311 Å². The van der Waals surface area contributed by atoms with Crippen molar-refractivity contribution in [3.8, 4) is 31.3 Å². The Balaban J connectivity index is 1.27. The third-order valence-electron chi connectivity index (χ3n) is 16.0. The summed E-state index contributed by atoms with van der Waals surface area (Å²) in [6.07, 6.45) is 61.8. The highest BCUT2D eigenvalue weighted by Gasteiger charge is 2.24. The van der Waals surface area contributed by atoms with Gasteiger partial charge in [0.25, 0.3) is 0 Å². The Morgan fingerprint density at radius 3 is 0.842 bits per heavy atom. The third kappa shape index (κ3) is 26.1. The molecule has 0 bridgehead atoms. The number of nitrogens with zero attached hydrogens (tertiary/aromatic N) is 2. The maximum Gasteiger partial charge on any atom is 0.146 e. The molecule has 4 aromatic heterocycles. The van der Waals surface area contributed by atoms with Crippen molar-refractivity contribution in [3.63, 3.8) is 0 Å². The summed E-state index contributed by atoms with van der Waals surface area (Å²) in [6.45, 7) is 10.7. The van der Waals surface area contributed by atoms with Crippen molar-refractivity contribution in [1.82, 2.24) is 9.97 Å². The van der Waals surface area contributed by atoms with Gasteiger partial charge in [0.15, 0.2) is 0 Å². The molecule has 0 amide bonds. The number of aromatic nitrogens is 2. The minimum Gasteiger partial charge on any atom is -0.491 e. The number of ether oxygens (including phenoxy) is 2. The first kappa shape index (κ1) is 64.8. The molecular formula is C68H112N2O2S4. The lowest BCUT2D eigenvalue weighted by Gasteiger charge is -2.14. The number of thiazole rings is 2. The van der Waals surface area contributed by atoms with Crippen LogP contribution in [-0.4, -0.2) is 23.2 Å². The summed E-state index contributed by atoms with van der Waals surface area (Å²) in [5.41, 5.74) is 2.51. The lowest BCUT2D eigenvalue weighted by molar-refractivity contribution is 0.307. The summed E-state index contributed by atoms with van der Waals surface area (Å²) >= 11 is 7.39. The molecule has 0 radical (unpaired) electrons. The molecule has 76 heavy (non-hydrogen) atoms. The second kappa shape index (κ2) is 42.8. The van der Waals surface area contributed by atoms with Gasteiger partial charge in [-0.3, -0.25) is 0 Å². The predicted molar refractivity (Wildman–Crippen MR) is 344 cm³/mol. The minimum absolute atomic E-state index is 0.749. The van der Waals surface area contributed by atoms with Gasteiger partial charge in [-0.2, -0.15) is 0 Å². The van der Waals surface area contributed by atoms with Crippen LogP contribution < -0.4 is 9.47 Å². The summed E-state index contributed by atoms with van der Waals surface area (Å²) in [5.74, 6) is 2.10. The highest BCUT2D eigenvalue weighted by molar-refractivity contribution is 7.27. The van der Waals surface area contributed by atoms with E-state index in [0.717, 1.165) is 60.4 Å². The predicted octanol–water partition coefficient (Wildman–Crippen LogP) is 25.4. The number of fused-ring (bicyclic) bond motifs is 2. The third-order valence-corrected chi connectivity index (χ3v) is 20.3. The van der Waals surface area contributed by atoms with E-state index in [2.05, 4.69) is 50.6 Å². The van der Waals surface area contributed by atoms with Gasteiger partial charge in [-0.15, -0.1) is 45.3 Å². The first-order valence-electron chi connectivity index (χ1n) is 32.8. The van der Waals surface area contributed by atoms with Gasteiger partial charge in [0.2, 0.25) is 0 Å². The quantitative estimate of drug-likeness (QED) is 0.0364. The molecule has 0 saturated heterocycles. The molecule has 8 heteroatoms. The first-order chi connectivity index (χ1) is 37.7. The zero-order valence-electron chi connectivity index (χ0n) is 49.6. The molecule has 0 aliphatic carbocycles. The molecule has 0 saturated carbocycles. The molecule has 4 heterocycles. The zero-order chi connectivity index (χ0) is 53.4. The van der Waals surface area contributed by atoms with Gasteiger partial charge >= 0.3 is 0 Å². The molecule has 0 N–H and O–H groups in total. The summed E-state index contributed by atoms with van der Waals surface area (Å²) in [5, 5.41) is 9.35. The van der Waals surface area contributed by atoms with Crippen LogP contribution in [0.25, 0.3) is 39.9 Å². The highest BCUT2D eigenvalue weighted by atomic mass is 32.1. The zero-order valence-corrected chi connectivity index (χ0v) is 52.9. The number of thiophene rings is 2. The fourth-order valence-corrected chi connectivity index (χ4v) is 15.3. The lowest BCUT2D eigenvalue weighted by atomic mass is 10.0. The van der Waals surface area contributed by atoms with E-state index in [4.69, 9.17) is 19.4 Å². The molecule has 4 nitrogen and oxygen atoms in total. The molecule has 1 aromatic carbocycles. The number of benzene rings is 1. The summed E-state index contributed by atoms with van der Waals surface area (Å²) in [6, 6.07) is 4.81. The van der Waals surface area contributed by atoms with Crippen molar-refractivity contribution in [2.24, 2.45) is 0 Å². The number of hydrogen-bond acceptors (Lipinski definition) is 8. The molecule has 0 atom stereocenters. The van der Waals surface area contributed by atoms with E-state index >= 15 is 0 Å². The average Bonchev–Trinajstić information content (AvgIpc) is 4.39. The maximum atomic E-state index is 7.06. The Morgan fingerprint density at radius 1 is 0.316 bits per heavy atom. The van der Waals surface area contributed by atoms with Crippen LogP contribution >= 0.6 is 45.3 Å². The Labute approximate surface area is 483 Å². The summed E-state index contributed by atoms with van der Waals surface area (Å²) < 4.78 is 16.6. The van der Waals surface area contributed by atoms with Crippen molar-refractivity contribution in [2.75, 3.05) is 13.2 Å². The second-order valence-electron chi connectivity index (χ2n) is 23.0. The van der Waals surface area contributed by atoms with E-state index in [0.29, 0.717) is 0 Å². The Morgan fingerprint density at radius 2 is 0.566 bits per heavy atom. The number of hydrogen-bond donors (Lipinski definition) is 0. The topological polar surface area (TPSA) is 44.2 Å². The fourth-order valence-electron chi connectivity index (χ4n) is 11.1. The largest absolute Gasteiger partial charge is 0.491 e. The van der Waals surface area contributed by atoms with Crippen LogP contribution in [0, 0.1) is 0 Å². The molecule has 5 aromatic rings. The number of unbranched alkanes of at least 4 members (excludes halogenated alkanes) is 40. The Hall–Kier alpha value is -2.00. The van der Waals surface area contributed by atoms with Crippen LogP contribution in [0.1, 0.15) is 322 Å². The van der Waals surface area contributed by atoms with Crippen molar-refractivity contribution >= 4 is 65.5 Å². The standard InChI is InChI=1S/C68H112N2O2S4/c1-5-9-13-17-21-25-29-31-33-37-41-45-49-57-55-73-67(69-57)61-53-59-63(71-51-47-43-39-35-27-23-19-15-11-7-3)66-60(64(65(59)75-61)72-52-48-44-40-36-28-24-20-16-12-8-4)54-62(76-66)68-70-58(56-74-68)50-46-42-38-34-32-30-26-22-18-14-10-6-2/h53-56H,5-52H2,1-4H3. The normalized spacial score (nSPS) is 11.8. The van der Waals surface area contributed by atoms with Gasteiger partial charge in [0, 0.05) is 21.5 Å². The van der Waals surface area contributed by atoms with Gasteiger partial charge in [0.1, 0.15) is 21.5 Å². The fraction of sp³-hybridized carbons (Fsp3) is 0.765. The molecule has 0 aliphatic rings. The molecule has 0 aliphatic heterocycles. The first-order valence-corrected chi connectivity index (χ1v) is 36.2. The van der Waals surface area contributed by atoms with Crippen molar-refractivity contribution in [1.29, 1.82) is 0 Å². The van der Waals surface area contributed by atoms with Crippen LogP contribution in [0.15, 0.2) is 22.9 Å². The van der Waals surface area contributed by atoms with Gasteiger partial charge in [-0.05, 0) is 50.7 Å². The molecule has 5 rings (SSSR count). The van der Waals surface area contributed by atoms with E-state index in [1.807, 2.05) is 45.3 Å². The van der Waals surface area contributed by atoms with E-state index in [-0.39, 0.29) is 0 Å². The molecule has 0 fully saturated rings. The van der Waals surface area contributed by atoms with Crippen molar-refractivity contribution in [3.05, 3.63) is 34.3 Å². The summed E-state index contributed by atoms with van der Waals surface area (Å²) in [4.78, 5) is 13.1. The van der Waals surface area contributed by atoms with Crippen molar-refractivity contribution in [2.45, 2.75) is 323 Å². The number of rotatable bonds is 52. The molecular weight excluding hydrogens is 1010 g/mol. The smallest absolute Gasteiger partial charge is 0.146 e. The van der Waals surface area contributed by atoms with E-state index in [9.17, 15) is 0 Å². The Kier molecular flexibility index (Phi) is 36.5. The van der Waals surface area contributed by atoms with Crippen LogP contribution in [0.3, 0.4) is 0 Å². The SMILES string of the molecule is CCCCCCCCCCCCCCc1csc(-c2cc3c(OCCCCCCCCCCCC)c4sc(-c5nc(CCCCCCCCCCCCCC)cs5)cc4c(OCCCCCCCCCCCC)c3s2)n1. The van der Waals surface area contributed by atoms with E-state index in [1.54, 1.807) is 0 Å². The lowest BCUT2D eigenvalue weighted by Crippen LogP contribution is -2.00. The van der Waals surface area contributed by atoms with Crippen molar-refractivity contribution < 1.29 is 9.47 Å². The van der Waals surface area contributed by atoms with Crippen LogP contribution in [0.5, 0.6) is 11.5 Å². The monoisotopic (exact) mass is 1120 g/mol. The Bertz CT molecular complexity index is 1940. The van der Waals surface area contributed by atoms with Crippen LogP contribution in [0.4, 0.5) is 0 Å². The number of aryl methyl sites for hydroxylation is 2. The summed E-state index contributed by atoms with van der Waals surface area (Å²) in [7, 11) is 0. The maximum absolute atomic E-state index is 7.06. The van der Waals surface area contributed by atoms with Crippen LogP contribution in [-0.2, 0) is 12.8 Å². The van der Waals surface area contributed by atoms with E-state index < -0.39 is 0 Å². The molecule has 0 unspecified atom stereocenters. The van der Waals surface area contributed by atoms with Gasteiger partial charge < -0.3 is 9.47 Å². The van der Waals surface area contributed by atoms with Gasteiger partial charge in [-0.1, -0.05) is 285 Å². The van der Waals surface area contributed by atoms with Gasteiger partial charge in [0.05, 0.1) is 43.8 Å². The molecule has 0 spiro atoms. The molecule has 430 valence electrons.